The van der Waals surface area contributed by atoms with E-state index in [0.717, 1.165) is 11.4 Å². The number of anilines is 2. The second kappa shape index (κ2) is 5.47. The second-order valence-corrected chi connectivity index (χ2v) is 2.32. The van der Waals surface area contributed by atoms with Crippen molar-refractivity contribution in [3.05, 3.63) is 23.8 Å². The molecule has 0 saturated carbocycles. The quantitative estimate of drug-likeness (QED) is 0.629. The van der Waals surface area contributed by atoms with Gasteiger partial charge in [-0.05, 0) is 24.6 Å². The molecule has 2 nitrogen and oxygen atoms in total. The first-order valence-electron chi connectivity index (χ1n) is 4.28. The van der Waals surface area contributed by atoms with Gasteiger partial charge in [-0.15, -0.1) is 0 Å². The molecule has 0 spiro atoms. The fourth-order valence-electron chi connectivity index (χ4n) is 0.909. The van der Waals surface area contributed by atoms with Crippen LogP contribution in [0.5, 0.6) is 0 Å². The van der Waals surface area contributed by atoms with Gasteiger partial charge < -0.3 is 11.1 Å². The predicted molar refractivity (Wildman–Crippen MR) is 56.5 cm³/mol. The van der Waals surface area contributed by atoms with E-state index in [4.69, 9.17) is 5.73 Å². The molecule has 0 aliphatic rings. The Bertz CT molecular complexity index is 231. The molecule has 0 unspecified atom stereocenters. The van der Waals surface area contributed by atoms with Crippen molar-refractivity contribution in [2.24, 2.45) is 0 Å². The van der Waals surface area contributed by atoms with Gasteiger partial charge in [-0.2, -0.15) is 0 Å². The van der Waals surface area contributed by atoms with E-state index in [9.17, 15) is 0 Å². The lowest BCUT2D eigenvalue weighted by Gasteiger charge is -2.04. The van der Waals surface area contributed by atoms with Gasteiger partial charge >= 0.3 is 0 Å². The number of rotatable bonds is 1. The fraction of sp³-hybridized carbons (Fsp3) is 0.400. The molecule has 1 aromatic rings. The predicted octanol–water partition coefficient (Wildman–Crippen LogP) is 2.65. The monoisotopic (exact) mass is 166 g/mol. The Kier molecular flexibility index (Phi) is 4.93. The van der Waals surface area contributed by atoms with Crippen molar-refractivity contribution in [2.75, 3.05) is 18.1 Å². The highest BCUT2D eigenvalue weighted by molar-refractivity contribution is 5.58. The Morgan fingerprint density at radius 3 is 2.25 bits per heavy atom. The zero-order valence-corrected chi connectivity index (χ0v) is 8.31. The third-order valence-electron chi connectivity index (χ3n) is 1.53. The summed E-state index contributed by atoms with van der Waals surface area (Å²) in [7, 11) is 1.89. The molecule has 1 rings (SSSR count). The molecule has 0 aliphatic carbocycles. The van der Waals surface area contributed by atoms with Crippen LogP contribution in [0, 0.1) is 6.92 Å². The number of benzene rings is 1. The zero-order chi connectivity index (χ0) is 9.56. The van der Waals surface area contributed by atoms with Crippen LogP contribution in [0.3, 0.4) is 0 Å². The van der Waals surface area contributed by atoms with Crippen LogP contribution in [0.15, 0.2) is 18.2 Å². The fourth-order valence-corrected chi connectivity index (χ4v) is 0.909. The lowest BCUT2D eigenvalue weighted by atomic mass is 10.2. The third-order valence-corrected chi connectivity index (χ3v) is 1.53. The summed E-state index contributed by atoms with van der Waals surface area (Å²) < 4.78 is 0. The molecule has 0 amide bonds. The van der Waals surface area contributed by atoms with Crippen LogP contribution < -0.4 is 11.1 Å². The van der Waals surface area contributed by atoms with Gasteiger partial charge in [0.05, 0.1) is 0 Å². The van der Waals surface area contributed by atoms with Crippen molar-refractivity contribution in [3.8, 4) is 0 Å². The molecule has 0 aliphatic heterocycles. The maximum Gasteiger partial charge on any atom is 0.0387 e. The highest BCUT2D eigenvalue weighted by Crippen LogP contribution is 2.16. The topological polar surface area (TPSA) is 38.0 Å². The lowest BCUT2D eigenvalue weighted by molar-refractivity contribution is 1.41. The molecule has 0 saturated heterocycles. The second-order valence-electron chi connectivity index (χ2n) is 2.32. The highest BCUT2D eigenvalue weighted by atomic mass is 14.8. The summed E-state index contributed by atoms with van der Waals surface area (Å²) in [5.74, 6) is 0. The van der Waals surface area contributed by atoms with Gasteiger partial charge in [-0.1, -0.05) is 19.9 Å². The standard InChI is InChI=1S/C8H12N2.C2H6/c1-6-3-4-7(9)5-8(6)10-2;1-2/h3-5,10H,9H2,1-2H3;1-2H3. The molecular formula is C10H18N2. The van der Waals surface area contributed by atoms with Crippen molar-refractivity contribution in [2.45, 2.75) is 20.8 Å². The SMILES string of the molecule is CC.CNc1cc(N)ccc1C. The van der Waals surface area contributed by atoms with E-state index >= 15 is 0 Å². The third kappa shape index (κ3) is 2.82. The molecule has 0 bridgehead atoms. The molecule has 2 heteroatoms. The Labute approximate surface area is 74.8 Å². The molecule has 0 radical (unpaired) electrons. The van der Waals surface area contributed by atoms with E-state index in [1.807, 2.05) is 46.0 Å². The number of hydrogen-bond acceptors (Lipinski definition) is 2. The van der Waals surface area contributed by atoms with Gasteiger partial charge in [0.25, 0.3) is 0 Å². The van der Waals surface area contributed by atoms with Crippen molar-refractivity contribution >= 4 is 11.4 Å². The molecule has 0 fully saturated rings. The van der Waals surface area contributed by atoms with Crippen LogP contribution in [0.2, 0.25) is 0 Å². The first-order chi connectivity index (χ1) is 5.74. The van der Waals surface area contributed by atoms with Crippen molar-refractivity contribution in [1.29, 1.82) is 0 Å². The summed E-state index contributed by atoms with van der Waals surface area (Å²) in [5, 5.41) is 3.06. The Balaban J connectivity index is 0.000000561. The number of hydrogen-bond donors (Lipinski definition) is 2. The molecular weight excluding hydrogens is 148 g/mol. The average molecular weight is 166 g/mol. The number of nitrogens with two attached hydrogens (primary N) is 1. The summed E-state index contributed by atoms with van der Waals surface area (Å²) in [6, 6.07) is 5.83. The summed E-state index contributed by atoms with van der Waals surface area (Å²) >= 11 is 0. The minimum Gasteiger partial charge on any atom is -0.399 e. The number of aryl methyl sites for hydroxylation is 1. The first kappa shape index (κ1) is 10.8. The molecule has 68 valence electrons. The van der Waals surface area contributed by atoms with Gasteiger partial charge in [-0.25, -0.2) is 0 Å². The zero-order valence-electron chi connectivity index (χ0n) is 8.31. The summed E-state index contributed by atoms with van der Waals surface area (Å²) in [4.78, 5) is 0. The van der Waals surface area contributed by atoms with E-state index in [2.05, 4.69) is 5.32 Å². The summed E-state index contributed by atoms with van der Waals surface area (Å²) in [6.45, 7) is 6.05. The van der Waals surface area contributed by atoms with E-state index < -0.39 is 0 Å². The van der Waals surface area contributed by atoms with Crippen LogP contribution in [0.1, 0.15) is 19.4 Å². The summed E-state index contributed by atoms with van der Waals surface area (Å²) in [6.07, 6.45) is 0. The molecule has 0 heterocycles. The van der Waals surface area contributed by atoms with Gasteiger partial charge in [0.1, 0.15) is 0 Å². The number of nitrogens with one attached hydrogen (secondary N) is 1. The van der Waals surface area contributed by atoms with Crippen molar-refractivity contribution < 1.29 is 0 Å². The van der Waals surface area contributed by atoms with E-state index in [1.165, 1.54) is 5.56 Å². The van der Waals surface area contributed by atoms with Crippen LogP contribution in [-0.4, -0.2) is 7.05 Å². The Morgan fingerprint density at radius 2 is 1.83 bits per heavy atom. The van der Waals surface area contributed by atoms with Gasteiger partial charge in [0.15, 0.2) is 0 Å². The minimum atomic E-state index is 0.801. The molecule has 1 aromatic carbocycles. The molecule has 3 N–H and O–H groups in total. The lowest BCUT2D eigenvalue weighted by Crippen LogP contribution is -1.93. The maximum absolute atomic E-state index is 5.56. The molecule has 0 atom stereocenters. The summed E-state index contributed by atoms with van der Waals surface area (Å²) in [5.41, 5.74) is 8.68. The largest absolute Gasteiger partial charge is 0.399 e. The van der Waals surface area contributed by atoms with Crippen LogP contribution in [0.4, 0.5) is 11.4 Å². The van der Waals surface area contributed by atoms with Gasteiger partial charge in [0.2, 0.25) is 0 Å². The molecule has 12 heavy (non-hydrogen) atoms. The van der Waals surface area contributed by atoms with Crippen LogP contribution >= 0.6 is 0 Å². The maximum atomic E-state index is 5.56. The van der Waals surface area contributed by atoms with Gasteiger partial charge in [0, 0.05) is 18.4 Å². The van der Waals surface area contributed by atoms with Crippen molar-refractivity contribution in [1.82, 2.24) is 0 Å². The highest BCUT2D eigenvalue weighted by Gasteiger charge is 1.93. The average Bonchev–Trinajstić information content (AvgIpc) is 2.13. The van der Waals surface area contributed by atoms with E-state index in [-0.39, 0.29) is 0 Å². The minimum absolute atomic E-state index is 0.801. The Morgan fingerprint density at radius 1 is 1.25 bits per heavy atom. The van der Waals surface area contributed by atoms with Crippen LogP contribution in [-0.2, 0) is 0 Å². The first-order valence-corrected chi connectivity index (χ1v) is 4.28. The van der Waals surface area contributed by atoms with Gasteiger partial charge in [-0.3, -0.25) is 0 Å². The molecule has 0 aromatic heterocycles. The van der Waals surface area contributed by atoms with Crippen molar-refractivity contribution in [3.63, 3.8) is 0 Å². The Hall–Kier alpha value is -1.18. The number of nitrogen functional groups attached to an aromatic ring is 1. The van der Waals surface area contributed by atoms with E-state index in [1.54, 1.807) is 0 Å². The van der Waals surface area contributed by atoms with E-state index in [0.29, 0.717) is 0 Å². The smallest absolute Gasteiger partial charge is 0.0387 e. The normalized spacial score (nSPS) is 8.33. The van der Waals surface area contributed by atoms with Crippen LogP contribution in [0.25, 0.3) is 0 Å².